The maximum atomic E-state index is 5.72. The lowest BCUT2D eigenvalue weighted by molar-refractivity contribution is 0.851. The number of hydrazine groups is 1. The van der Waals surface area contributed by atoms with E-state index in [0.717, 1.165) is 4.61 Å². The molecule has 56 valence electrons. The summed E-state index contributed by atoms with van der Waals surface area (Å²) in [6.07, 6.45) is 1.58. The average molecular weight is 225 g/mol. The van der Waals surface area contributed by atoms with Crippen LogP contribution in [0.1, 0.15) is 0 Å². The SMILES string of the molecule is NNC1=NC=C(Br)NC1Cl. The summed E-state index contributed by atoms with van der Waals surface area (Å²) < 4.78 is 0.742. The van der Waals surface area contributed by atoms with Crippen molar-refractivity contribution in [2.45, 2.75) is 5.50 Å². The molecule has 0 spiro atoms. The Kier molecular flexibility index (Phi) is 2.53. The van der Waals surface area contributed by atoms with E-state index in [1.807, 2.05) is 0 Å². The third-order valence-electron chi connectivity index (χ3n) is 0.970. The van der Waals surface area contributed by atoms with Gasteiger partial charge in [-0.25, -0.2) is 10.8 Å². The van der Waals surface area contributed by atoms with Crippen LogP contribution < -0.4 is 16.6 Å². The van der Waals surface area contributed by atoms with Crippen LogP contribution >= 0.6 is 27.5 Å². The topological polar surface area (TPSA) is 62.4 Å². The predicted molar refractivity (Wildman–Crippen MR) is 44.5 cm³/mol. The van der Waals surface area contributed by atoms with Crippen LogP contribution in [0.15, 0.2) is 15.8 Å². The van der Waals surface area contributed by atoms with E-state index < -0.39 is 0 Å². The Morgan fingerprint density at radius 3 is 3.10 bits per heavy atom. The van der Waals surface area contributed by atoms with Crippen molar-refractivity contribution in [2.24, 2.45) is 10.8 Å². The molecule has 0 bridgehead atoms. The molecule has 0 saturated heterocycles. The van der Waals surface area contributed by atoms with E-state index in [1.54, 1.807) is 6.20 Å². The molecule has 1 aliphatic rings. The van der Waals surface area contributed by atoms with Crippen molar-refractivity contribution in [2.75, 3.05) is 0 Å². The first-order chi connectivity index (χ1) is 4.74. The van der Waals surface area contributed by atoms with Crippen LogP contribution in [0.25, 0.3) is 0 Å². The van der Waals surface area contributed by atoms with Gasteiger partial charge in [0, 0.05) is 0 Å². The van der Waals surface area contributed by atoms with E-state index in [9.17, 15) is 0 Å². The van der Waals surface area contributed by atoms with E-state index >= 15 is 0 Å². The van der Waals surface area contributed by atoms with Gasteiger partial charge < -0.3 is 10.7 Å². The molecule has 4 N–H and O–H groups in total. The second-order valence-corrected chi connectivity index (χ2v) is 2.93. The number of rotatable bonds is 0. The molecule has 1 heterocycles. The summed E-state index contributed by atoms with van der Waals surface area (Å²) in [4.78, 5) is 3.89. The Balaban J connectivity index is 2.71. The highest BCUT2D eigenvalue weighted by Gasteiger charge is 2.14. The summed E-state index contributed by atoms with van der Waals surface area (Å²) in [6, 6.07) is 0. The number of nitrogens with zero attached hydrogens (tertiary/aromatic N) is 1. The van der Waals surface area contributed by atoms with E-state index in [0.29, 0.717) is 5.84 Å². The molecule has 4 nitrogen and oxygen atoms in total. The number of halogens is 2. The highest BCUT2D eigenvalue weighted by molar-refractivity contribution is 9.11. The van der Waals surface area contributed by atoms with Gasteiger partial charge in [0.05, 0.1) is 10.8 Å². The van der Waals surface area contributed by atoms with Crippen molar-refractivity contribution in [3.8, 4) is 0 Å². The number of hydrogen-bond donors (Lipinski definition) is 3. The van der Waals surface area contributed by atoms with Gasteiger partial charge >= 0.3 is 0 Å². The molecule has 1 rings (SSSR count). The van der Waals surface area contributed by atoms with Gasteiger partial charge in [0.1, 0.15) is 0 Å². The van der Waals surface area contributed by atoms with Gasteiger partial charge in [-0.15, -0.1) is 0 Å². The molecule has 1 atom stereocenters. The Bertz CT molecular complexity index is 190. The van der Waals surface area contributed by atoms with Gasteiger partial charge in [-0.3, -0.25) is 0 Å². The van der Waals surface area contributed by atoms with Gasteiger partial charge in [-0.1, -0.05) is 11.6 Å². The predicted octanol–water partition coefficient (Wildman–Crippen LogP) is 0.210. The van der Waals surface area contributed by atoms with Crippen LogP contribution in [-0.2, 0) is 0 Å². The molecule has 0 aromatic rings. The number of hydrogen-bond acceptors (Lipinski definition) is 4. The molecule has 0 aliphatic carbocycles. The normalized spacial score (nSPS) is 24.5. The number of nitrogens with one attached hydrogen (secondary N) is 2. The maximum Gasteiger partial charge on any atom is 0.161 e. The first-order valence-electron chi connectivity index (χ1n) is 2.54. The molecular formula is C4H6BrClN4. The highest BCUT2D eigenvalue weighted by Crippen LogP contribution is 2.09. The first kappa shape index (κ1) is 7.84. The molecule has 6 heteroatoms. The minimum Gasteiger partial charge on any atom is -0.356 e. The smallest absolute Gasteiger partial charge is 0.161 e. The van der Waals surface area contributed by atoms with Crippen LogP contribution in [0.5, 0.6) is 0 Å². The molecule has 10 heavy (non-hydrogen) atoms. The minimum absolute atomic E-state index is 0.385. The zero-order valence-corrected chi connectivity index (χ0v) is 7.28. The molecule has 0 aromatic heterocycles. The zero-order chi connectivity index (χ0) is 7.56. The fourth-order valence-corrected chi connectivity index (χ4v) is 1.23. The largest absolute Gasteiger partial charge is 0.356 e. The van der Waals surface area contributed by atoms with Crippen molar-refractivity contribution in [1.29, 1.82) is 0 Å². The van der Waals surface area contributed by atoms with Crippen LogP contribution in [0.4, 0.5) is 0 Å². The summed E-state index contributed by atoms with van der Waals surface area (Å²) in [6.45, 7) is 0. The molecule has 1 unspecified atom stereocenters. The molecular weight excluding hydrogens is 219 g/mol. The summed E-state index contributed by atoms with van der Waals surface area (Å²) in [5, 5.41) is 2.85. The zero-order valence-electron chi connectivity index (χ0n) is 4.94. The monoisotopic (exact) mass is 224 g/mol. The summed E-state index contributed by atoms with van der Waals surface area (Å²) in [5.41, 5.74) is 1.98. The third kappa shape index (κ3) is 1.62. The summed E-state index contributed by atoms with van der Waals surface area (Å²) in [7, 11) is 0. The maximum absolute atomic E-state index is 5.72. The van der Waals surface area contributed by atoms with Gasteiger partial charge in [0.2, 0.25) is 0 Å². The lowest BCUT2D eigenvalue weighted by Gasteiger charge is -2.17. The molecule has 0 fully saturated rings. The third-order valence-corrected chi connectivity index (χ3v) is 1.72. The minimum atomic E-state index is -0.385. The summed E-state index contributed by atoms with van der Waals surface area (Å²) >= 11 is 8.90. The first-order valence-corrected chi connectivity index (χ1v) is 3.77. The lowest BCUT2D eigenvalue weighted by Crippen LogP contribution is -2.44. The van der Waals surface area contributed by atoms with Crippen molar-refractivity contribution >= 4 is 33.4 Å². The van der Waals surface area contributed by atoms with E-state index in [1.165, 1.54) is 0 Å². The Labute approximate surface area is 71.6 Å². The van der Waals surface area contributed by atoms with Gasteiger partial charge in [0.25, 0.3) is 0 Å². The number of nitrogens with two attached hydrogens (primary N) is 1. The number of amidine groups is 1. The van der Waals surface area contributed by atoms with E-state index in [4.69, 9.17) is 17.4 Å². The molecule has 0 aromatic carbocycles. The van der Waals surface area contributed by atoms with Crippen molar-refractivity contribution in [3.05, 3.63) is 10.8 Å². The van der Waals surface area contributed by atoms with E-state index in [2.05, 4.69) is 31.7 Å². The highest BCUT2D eigenvalue weighted by atomic mass is 79.9. The molecule has 0 saturated carbocycles. The lowest BCUT2D eigenvalue weighted by atomic mass is 10.5. The average Bonchev–Trinajstić information content (AvgIpc) is 1.88. The van der Waals surface area contributed by atoms with Crippen LogP contribution in [0, 0.1) is 0 Å². The van der Waals surface area contributed by atoms with Crippen LogP contribution in [0.2, 0.25) is 0 Å². The van der Waals surface area contributed by atoms with Gasteiger partial charge in [0.15, 0.2) is 11.3 Å². The molecule has 0 amide bonds. The summed E-state index contributed by atoms with van der Waals surface area (Å²) in [5.74, 6) is 5.59. The Hall–Kier alpha value is -0.260. The Morgan fingerprint density at radius 1 is 1.90 bits per heavy atom. The van der Waals surface area contributed by atoms with Crippen molar-refractivity contribution < 1.29 is 0 Å². The fourth-order valence-electron chi connectivity index (χ4n) is 0.529. The standard InChI is InChI=1S/C4H6BrClN4/c5-2-1-8-4(10-7)3(6)9-2/h1,3,9H,7H2,(H,8,10). The van der Waals surface area contributed by atoms with E-state index in [-0.39, 0.29) is 5.50 Å². The van der Waals surface area contributed by atoms with Crippen molar-refractivity contribution in [1.82, 2.24) is 10.7 Å². The molecule has 0 radical (unpaired) electrons. The second kappa shape index (κ2) is 3.23. The fraction of sp³-hybridized carbons (Fsp3) is 0.250. The van der Waals surface area contributed by atoms with Gasteiger partial charge in [-0.2, -0.15) is 0 Å². The van der Waals surface area contributed by atoms with Crippen molar-refractivity contribution in [3.63, 3.8) is 0 Å². The van der Waals surface area contributed by atoms with Gasteiger partial charge in [-0.05, 0) is 15.9 Å². The van der Waals surface area contributed by atoms with Crippen LogP contribution in [0.3, 0.4) is 0 Å². The molecule has 1 aliphatic heterocycles. The Morgan fingerprint density at radius 2 is 2.60 bits per heavy atom. The number of aliphatic imine (C=N–C) groups is 1. The van der Waals surface area contributed by atoms with Crippen LogP contribution in [-0.4, -0.2) is 11.3 Å². The second-order valence-electron chi connectivity index (χ2n) is 1.64. The number of alkyl halides is 1. The quantitative estimate of drug-likeness (QED) is 0.239.